The number of amides is 2. The van der Waals surface area contributed by atoms with Gasteiger partial charge < -0.3 is 30.1 Å². The Balaban J connectivity index is 0.000000395. The zero-order chi connectivity index (χ0) is 38.8. The fourth-order valence-corrected chi connectivity index (χ4v) is 4.95. The molecule has 16 nitrogen and oxygen atoms in total. The molecule has 0 saturated carbocycles. The van der Waals surface area contributed by atoms with E-state index in [1.165, 1.54) is 11.0 Å². The zero-order valence-corrected chi connectivity index (χ0v) is 28.1. The van der Waals surface area contributed by atoms with E-state index in [0.717, 1.165) is 37.6 Å². The van der Waals surface area contributed by atoms with Gasteiger partial charge in [0.2, 0.25) is 0 Å². The van der Waals surface area contributed by atoms with Crippen molar-refractivity contribution in [1.29, 1.82) is 0 Å². The number of pyridine rings is 1. The average Bonchev–Trinajstić information content (AvgIpc) is 3.38. The number of carboxylic acid groups (broad SMARTS) is 4. The van der Waals surface area contributed by atoms with Crippen LogP contribution in [0.3, 0.4) is 0 Å². The van der Waals surface area contributed by atoms with Crippen LogP contribution in [0.5, 0.6) is 0 Å². The van der Waals surface area contributed by atoms with Gasteiger partial charge >= 0.3 is 29.8 Å². The predicted molar refractivity (Wildman–Crippen MR) is 189 cm³/mol. The number of hydrogen-bond donors (Lipinski definition) is 4. The molecule has 1 unspecified atom stereocenters. The van der Waals surface area contributed by atoms with Gasteiger partial charge in [0.1, 0.15) is 11.9 Å². The summed E-state index contributed by atoms with van der Waals surface area (Å²) < 4.78 is 5.80. The summed E-state index contributed by atoms with van der Waals surface area (Å²) in [6.07, 6.45) is 6.41. The average molecular weight is 729 g/mol. The second-order valence-electron chi connectivity index (χ2n) is 11.1. The first-order chi connectivity index (χ1) is 25.3. The standard InChI is InChI=1S/C29H28N4O4.2C4H4O4/c34-27(14-13-22-8-2-1-3-9-22)37-23(21-33-28(35)24-10-4-5-11-25(24)29(33)36)20-31-16-18-32(19-17-31)26-12-6-7-15-30-26;2*5-3(6)1-2-4(7)8/h1-15,23H,16-21H2;2*1-2H,(H,5,6)(H,7,8)/b;2*2-1-. The molecule has 1 fully saturated rings. The summed E-state index contributed by atoms with van der Waals surface area (Å²) in [6, 6.07) is 22.1. The lowest BCUT2D eigenvalue weighted by Crippen LogP contribution is -2.51. The SMILES string of the molecule is O=C(C=Cc1ccccc1)OC(CN1CCN(c2ccccn2)CC1)CN1C(=O)c2ccccc2C1=O.O=C(O)/C=C\C(=O)O.O=C(O)/C=C\C(=O)O. The molecule has 1 atom stereocenters. The zero-order valence-electron chi connectivity index (χ0n) is 28.1. The highest BCUT2D eigenvalue weighted by Gasteiger charge is 2.37. The molecule has 2 aromatic carbocycles. The van der Waals surface area contributed by atoms with Gasteiger partial charge in [-0.25, -0.2) is 29.0 Å². The van der Waals surface area contributed by atoms with Gasteiger partial charge in [-0.2, -0.15) is 0 Å². The first-order valence-corrected chi connectivity index (χ1v) is 15.9. The van der Waals surface area contributed by atoms with Crippen molar-refractivity contribution in [2.45, 2.75) is 6.10 Å². The van der Waals surface area contributed by atoms with Crippen molar-refractivity contribution in [2.24, 2.45) is 0 Å². The Morgan fingerprint density at radius 2 is 1.13 bits per heavy atom. The molecule has 53 heavy (non-hydrogen) atoms. The number of benzene rings is 2. The van der Waals surface area contributed by atoms with Crippen LogP contribution >= 0.6 is 0 Å². The maximum Gasteiger partial charge on any atom is 0.331 e. The van der Waals surface area contributed by atoms with Crippen molar-refractivity contribution in [3.05, 3.63) is 126 Å². The van der Waals surface area contributed by atoms with Crippen molar-refractivity contribution in [3.8, 4) is 0 Å². The molecule has 3 heterocycles. The minimum Gasteiger partial charge on any atom is -0.478 e. The number of ether oxygens (including phenoxy) is 1. The minimum absolute atomic E-state index is 0.00226. The Bertz CT molecular complexity index is 1750. The maximum atomic E-state index is 13.0. The third kappa shape index (κ3) is 14.1. The lowest BCUT2D eigenvalue weighted by Gasteiger charge is -2.37. The van der Waals surface area contributed by atoms with Gasteiger partial charge in [-0.05, 0) is 35.9 Å². The first kappa shape index (κ1) is 40.5. The topological polar surface area (TPSA) is 232 Å². The molecule has 2 aliphatic rings. The van der Waals surface area contributed by atoms with E-state index in [1.54, 1.807) is 36.5 Å². The van der Waals surface area contributed by atoms with E-state index in [-0.39, 0.29) is 18.4 Å². The smallest absolute Gasteiger partial charge is 0.331 e. The van der Waals surface area contributed by atoms with Crippen molar-refractivity contribution < 1.29 is 58.7 Å². The molecule has 2 aliphatic heterocycles. The third-order valence-corrected chi connectivity index (χ3v) is 7.30. The molecule has 3 aromatic rings. The van der Waals surface area contributed by atoms with Crippen molar-refractivity contribution >= 4 is 53.6 Å². The summed E-state index contributed by atoms with van der Waals surface area (Å²) in [5.74, 6) is -5.33. The van der Waals surface area contributed by atoms with Gasteiger partial charge in [-0.15, -0.1) is 0 Å². The lowest BCUT2D eigenvalue weighted by atomic mass is 10.1. The van der Waals surface area contributed by atoms with Crippen LogP contribution in [0.2, 0.25) is 0 Å². The van der Waals surface area contributed by atoms with Crippen LogP contribution in [0, 0.1) is 0 Å². The molecule has 1 aromatic heterocycles. The van der Waals surface area contributed by atoms with Crippen LogP contribution in [-0.4, -0.2) is 122 Å². The summed E-state index contributed by atoms with van der Waals surface area (Å²) in [5, 5.41) is 31.2. The number of aromatic nitrogens is 1. The molecule has 276 valence electrons. The molecule has 5 rings (SSSR count). The Kier molecular flexibility index (Phi) is 15.8. The lowest BCUT2D eigenvalue weighted by molar-refractivity contribution is -0.144. The fourth-order valence-electron chi connectivity index (χ4n) is 4.95. The highest BCUT2D eigenvalue weighted by Crippen LogP contribution is 2.23. The number of aliphatic carboxylic acids is 4. The van der Waals surface area contributed by atoms with Gasteiger partial charge in [0, 0.05) is 69.3 Å². The Morgan fingerprint density at radius 3 is 1.60 bits per heavy atom. The highest BCUT2D eigenvalue weighted by molar-refractivity contribution is 6.21. The molecule has 1 saturated heterocycles. The van der Waals surface area contributed by atoms with Crippen molar-refractivity contribution in [2.75, 3.05) is 44.2 Å². The van der Waals surface area contributed by atoms with E-state index in [4.69, 9.17) is 25.2 Å². The van der Waals surface area contributed by atoms with E-state index >= 15 is 0 Å². The molecule has 0 radical (unpaired) electrons. The number of fused-ring (bicyclic) bond motifs is 1. The maximum absolute atomic E-state index is 13.0. The van der Waals surface area contributed by atoms with Crippen LogP contribution in [0.1, 0.15) is 26.3 Å². The second kappa shape index (κ2) is 20.7. The summed E-state index contributed by atoms with van der Waals surface area (Å²) >= 11 is 0. The van der Waals surface area contributed by atoms with Crippen LogP contribution in [-0.2, 0) is 28.7 Å². The normalized spacial score (nSPS) is 14.6. The Hall–Kier alpha value is -6.94. The summed E-state index contributed by atoms with van der Waals surface area (Å²) in [5.41, 5.74) is 1.64. The van der Waals surface area contributed by atoms with E-state index in [9.17, 15) is 33.6 Å². The Morgan fingerprint density at radius 1 is 0.642 bits per heavy atom. The highest BCUT2D eigenvalue weighted by atomic mass is 16.5. The second-order valence-corrected chi connectivity index (χ2v) is 11.1. The largest absolute Gasteiger partial charge is 0.478 e. The summed E-state index contributed by atoms with van der Waals surface area (Å²) in [6.45, 7) is 3.45. The summed E-state index contributed by atoms with van der Waals surface area (Å²) in [4.78, 5) is 86.9. The van der Waals surface area contributed by atoms with Gasteiger partial charge in [0.25, 0.3) is 11.8 Å². The van der Waals surface area contributed by atoms with Gasteiger partial charge in [0.05, 0.1) is 17.7 Å². The van der Waals surface area contributed by atoms with Crippen molar-refractivity contribution in [3.63, 3.8) is 0 Å². The number of carbonyl (C=O) groups excluding carboxylic acids is 3. The number of hydrogen-bond acceptors (Lipinski definition) is 11. The fraction of sp³-hybridized carbons (Fsp3) is 0.189. The number of anilines is 1. The van der Waals surface area contributed by atoms with Crippen LogP contribution in [0.15, 0.2) is 109 Å². The van der Waals surface area contributed by atoms with Crippen molar-refractivity contribution in [1.82, 2.24) is 14.8 Å². The number of nitrogens with zero attached hydrogens (tertiary/aromatic N) is 4. The Labute approximate surface area is 303 Å². The molecule has 0 spiro atoms. The molecule has 2 amide bonds. The number of imide groups is 1. The van der Waals surface area contributed by atoms with E-state index in [1.807, 2.05) is 48.5 Å². The quantitative estimate of drug-likeness (QED) is 0.119. The number of esters is 1. The third-order valence-electron chi connectivity index (χ3n) is 7.30. The molecule has 16 heteroatoms. The number of carbonyl (C=O) groups is 7. The van der Waals surface area contributed by atoms with Gasteiger partial charge in [-0.1, -0.05) is 48.5 Å². The number of rotatable bonds is 12. The number of piperazine rings is 1. The molecular formula is C37H36N4O12. The summed E-state index contributed by atoms with van der Waals surface area (Å²) in [7, 11) is 0. The molecular weight excluding hydrogens is 692 g/mol. The predicted octanol–water partition coefficient (Wildman–Crippen LogP) is 2.55. The minimum atomic E-state index is -1.26. The monoisotopic (exact) mass is 728 g/mol. The number of carboxylic acids is 4. The first-order valence-electron chi connectivity index (χ1n) is 15.9. The van der Waals surface area contributed by atoms with E-state index in [2.05, 4.69) is 14.8 Å². The molecule has 0 aliphatic carbocycles. The van der Waals surface area contributed by atoms with Crippen LogP contribution in [0.25, 0.3) is 6.08 Å². The molecule has 4 N–H and O–H groups in total. The molecule has 0 bridgehead atoms. The van der Waals surface area contributed by atoms with Crippen LogP contribution < -0.4 is 4.90 Å². The van der Waals surface area contributed by atoms with E-state index in [0.29, 0.717) is 42.0 Å². The van der Waals surface area contributed by atoms with Crippen LogP contribution in [0.4, 0.5) is 5.82 Å². The van der Waals surface area contributed by atoms with E-state index < -0.39 is 36.0 Å². The van der Waals surface area contributed by atoms with Gasteiger partial charge in [0.15, 0.2) is 0 Å². The van der Waals surface area contributed by atoms with Gasteiger partial charge in [-0.3, -0.25) is 19.4 Å².